The molecule has 0 saturated heterocycles. The van der Waals surface area contributed by atoms with Gasteiger partial charge in [0, 0.05) is 12.5 Å². The Morgan fingerprint density at radius 3 is 1.47 bits per heavy atom. The van der Waals surface area contributed by atoms with Gasteiger partial charge in [-0.3, -0.25) is 4.79 Å². The summed E-state index contributed by atoms with van der Waals surface area (Å²) in [5, 5.41) is 0. The molecule has 0 aromatic heterocycles. The first-order valence-corrected chi connectivity index (χ1v) is 14.7. The van der Waals surface area contributed by atoms with Gasteiger partial charge < -0.3 is 9.47 Å². The molecule has 200 valence electrons. The monoisotopic (exact) mass is 480 g/mol. The summed E-state index contributed by atoms with van der Waals surface area (Å²) < 4.78 is 10.4. The fraction of sp³-hybridized carbons (Fsp3) is 0.867. The average molecular weight is 481 g/mol. The molecule has 0 fully saturated rings. The highest BCUT2D eigenvalue weighted by Crippen LogP contribution is 2.14. The summed E-state index contributed by atoms with van der Waals surface area (Å²) in [4.78, 5) is 23.1. The van der Waals surface area contributed by atoms with Crippen molar-refractivity contribution in [2.45, 2.75) is 155 Å². The largest absolute Gasteiger partial charge is 0.466 e. The normalized spacial score (nSPS) is 11.2. The summed E-state index contributed by atoms with van der Waals surface area (Å²) in [5.74, 6) is -0.200. The molecule has 4 heteroatoms. The van der Waals surface area contributed by atoms with E-state index in [2.05, 4.69) is 13.8 Å². The quantitative estimate of drug-likeness (QED) is 0.0703. The number of hydrogen-bond donors (Lipinski definition) is 0. The SMILES string of the molecule is CCCCCOC(=O)/C=C/CCCCCCCCCCCCCCCCC(=O)OCCCCC. The maximum absolute atomic E-state index is 11.6. The first-order chi connectivity index (χ1) is 16.7. The molecule has 0 radical (unpaired) electrons. The molecule has 4 nitrogen and oxygen atoms in total. The number of hydrogen-bond acceptors (Lipinski definition) is 4. The Bertz CT molecular complexity index is 472. The van der Waals surface area contributed by atoms with Gasteiger partial charge >= 0.3 is 11.9 Å². The van der Waals surface area contributed by atoms with Crippen molar-refractivity contribution in [2.75, 3.05) is 13.2 Å². The number of rotatable bonds is 26. The summed E-state index contributed by atoms with van der Waals surface area (Å²) in [6.07, 6.45) is 29.6. The van der Waals surface area contributed by atoms with Crippen molar-refractivity contribution in [1.29, 1.82) is 0 Å². The molecule has 0 aliphatic carbocycles. The van der Waals surface area contributed by atoms with Crippen molar-refractivity contribution in [2.24, 2.45) is 0 Å². The fourth-order valence-corrected chi connectivity index (χ4v) is 4.02. The van der Waals surface area contributed by atoms with E-state index in [-0.39, 0.29) is 11.9 Å². The fourth-order valence-electron chi connectivity index (χ4n) is 4.02. The minimum absolute atomic E-state index is 0.0111. The molecular formula is C30H56O4. The zero-order valence-electron chi connectivity index (χ0n) is 22.8. The van der Waals surface area contributed by atoms with Gasteiger partial charge in [0.2, 0.25) is 0 Å². The van der Waals surface area contributed by atoms with Crippen molar-refractivity contribution in [3.05, 3.63) is 12.2 Å². The summed E-state index contributed by atoms with van der Waals surface area (Å²) in [5.41, 5.74) is 0. The summed E-state index contributed by atoms with van der Waals surface area (Å²) in [6.45, 7) is 5.46. The van der Waals surface area contributed by atoms with Crippen LogP contribution >= 0.6 is 0 Å². The zero-order valence-corrected chi connectivity index (χ0v) is 22.8. The highest BCUT2D eigenvalue weighted by atomic mass is 16.5. The first kappa shape index (κ1) is 32.7. The summed E-state index contributed by atoms with van der Waals surface area (Å²) >= 11 is 0. The van der Waals surface area contributed by atoms with E-state index in [1.807, 2.05) is 6.08 Å². The maximum Gasteiger partial charge on any atom is 0.330 e. The van der Waals surface area contributed by atoms with E-state index in [4.69, 9.17) is 9.47 Å². The van der Waals surface area contributed by atoms with Crippen LogP contribution < -0.4 is 0 Å². The lowest BCUT2D eigenvalue weighted by atomic mass is 10.0. The van der Waals surface area contributed by atoms with Crippen molar-refractivity contribution < 1.29 is 19.1 Å². The molecule has 0 aliphatic rings. The smallest absolute Gasteiger partial charge is 0.330 e. The molecule has 0 aliphatic heterocycles. The molecule has 0 bridgehead atoms. The number of unbranched alkanes of at least 4 members (excludes halogenated alkanes) is 18. The van der Waals surface area contributed by atoms with Crippen LogP contribution in [0.5, 0.6) is 0 Å². The third-order valence-corrected chi connectivity index (χ3v) is 6.26. The molecule has 0 saturated carbocycles. The van der Waals surface area contributed by atoms with Gasteiger partial charge in [0.05, 0.1) is 13.2 Å². The lowest BCUT2D eigenvalue weighted by molar-refractivity contribution is -0.144. The van der Waals surface area contributed by atoms with Crippen LogP contribution in [0.25, 0.3) is 0 Å². The van der Waals surface area contributed by atoms with Crippen LogP contribution in [0, 0.1) is 0 Å². The predicted molar refractivity (Wildman–Crippen MR) is 144 cm³/mol. The second-order valence-electron chi connectivity index (χ2n) is 9.69. The van der Waals surface area contributed by atoms with Crippen LogP contribution in [0.3, 0.4) is 0 Å². The molecule has 0 heterocycles. The first-order valence-electron chi connectivity index (χ1n) is 14.7. The van der Waals surface area contributed by atoms with Gasteiger partial charge in [-0.15, -0.1) is 0 Å². The Morgan fingerprint density at radius 2 is 0.971 bits per heavy atom. The highest BCUT2D eigenvalue weighted by molar-refractivity contribution is 5.81. The molecule has 0 unspecified atom stereocenters. The molecule has 34 heavy (non-hydrogen) atoms. The minimum atomic E-state index is -0.189. The second-order valence-corrected chi connectivity index (χ2v) is 9.69. The second kappa shape index (κ2) is 27.9. The van der Waals surface area contributed by atoms with E-state index in [1.54, 1.807) is 6.08 Å². The van der Waals surface area contributed by atoms with E-state index in [0.29, 0.717) is 19.6 Å². The number of ether oxygens (including phenoxy) is 2. The van der Waals surface area contributed by atoms with Crippen molar-refractivity contribution in [3.8, 4) is 0 Å². The Hall–Kier alpha value is -1.32. The molecule has 0 amide bonds. The summed E-state index contributed by atoms with van der Waals surface area (Å²) in [7, 11) is 0. The lowest BCUT2D eigenvalue weighted by Gasteiger charge is -2.05. The predicted octanol–water partition coefficient (Wildman–Crippen LogP) is 9.25. The van der Waals surface area contributed by atoms with Gasteiger partial charge in [-0.05, 0) is 32.1 Å². The molecule has 0 atom stereocenters. The summed E-state index contributed by atoms with van der Waals surface area (Å²) in [6, 6.07) is 0. The van der Waals surface area contributed by atoms with Crippen LogP contribution in [-0.4, -0.2) is 25.2 Å². The number of allylic oxidation sites excluding steroid dienone is 1. The van der Waals surface area contributed by atoms with Gasteiger partial charge in [-0.1, -0.05) is 123 Å². The third kappa shape index (κ3) is 26.9. The number of esters is 2. The van der Waals surface area contributed by atoms with Gasteiger partial charge in [0.1, 0.15) is 0 Å². The zero-order chi connectivity index (χ0) is 25.0. The van der Waals surface area contributed by atoms with Crippen molar-refractivity contribution >= 4 is 11.9 Å². The van der Waals surface area contributed by atoms with E-state index in [0.717, 1.165) is 57.8 Å². The number of carbonyl (C=O) groups is 2. The van der Waals surface area contributed by atoms with E-state index in [9.17, 15) is 9.59 Å². The third-order valence-electron chi connectivity index (χ3n) is 6.26. The highest BCUT2D eigenvalue weighted by Gasteiger charge is 2.02. The average Bonchev–Trinajstić information content (AvgIpc) is 2.83. The molecule has 0 aromatic rings. The van der Waals surface area contributed by atoms with E-state index < -0.39 is 0 Å². The Labute approximate surface area is 211 Å². The lowest BCUT2D eigenvalue weighted by Crippen LogP contribution is -2.05. The van der Waals surface area contributed by atoms with Crippen LogP contribution in [0.15, 0.2) is 12.2 Å². The van der Waals surface area contributed by atoms with Gasteiger partial charge in [-0.25, -0.2) is 4.79 Å². The van der Waals surface area contributed by atoms with E-state index >= 15 is 0 Å². The van der Waals surface area contributed by atoms with Crippen LogP contribution in [0.1, 0.15) is 155 Å². The molecule has 0 aromatic carbocycles. The number of carbonyl (C=O) groups excluding carboxylic acids is 2. The Morgan fingerprint density at radius 1 is 0.529 bits per heavy atom. The van der Waals surface area contributed by atoms with Crippen LogP contribution in [0.2, 0.25) is 0 Å². The van der Waals surface area contributed by atoms with Crippen molar-refractivity contribution in [1.82, 2.24) is 0 Å². The van der Waals surface area contributed by atoms with Gasteiger partial charge in [0.25, 0.3) is 0 Å². The van der Waals surface area contributed by atoms with Crippen molar-refractivity contribution in [3.63, 3.8) is 0 Å². The Balaban J connectivity index is 3.21. The molecule has 0 N–H and O–H groups in total. The van der Waals surface area contributed by atoms with Gasteiger partial charge in [-0.2, -0.15) is 0 Å². The molecular weight excluding hydrogens is 424 g/mol. The van der Waals surface area contributed by atoms with Gasteiger partial charge in [0.15, 0.2) is 0 Å². The van der Waals surface area contributed by atoms with E-state index in [1.165, 1.54) is 77.0 Å². The van der Waals surface area contributed by atoms with Crippen LogP contribution in [0.4, 0.5) is 0 Å². The maximum atomic E-state index is 11.6. The topological polar surface area (TPSA) is 52.6 Å². The van der Waals surface area contributed by atoms with Crippen LogP contribution in [-0.2, 0) is 19.1 Å². The minimum Gasteiger partial charge on any atom is -0.466 e. The molecule has 0 rings (SSSR count). The molecule has 0 spiro atoms. The Kier molecular flexibility index (Phi) is 26.8. The standard InChI is InChI=1S/C30H56O4/c1-3-5-23-27-33-29(31)25-21-19-17-15-13-11-9-7-8-10-12-14-16-18-20-22-26-30(32)34-28-24-6-4-2/h21,25H,3-20,22-24,26-28H2,1-2H3/b25-21+.